The smallest absolute Gasteiger partial charge is 0.418 e. The van der Waals surface area contributed by atoms with Crippen LogP contribution in [0.15, 0.2) is 61.1 Å². The Morgan fingerprint density at radius 2 is 1.67 bits per heavy atom. The van der Waals surface area contributed by atoms with Crippen molar-refractivity contribution in [3.05, 3.63) is 72.2 Å². The first-order valence-corrected chi connectivity index (χ1v) is 12.6. The number of rotatable bonds is 10. The maximum atomic E-state index is 13.5. The predicted molar refractivity (Wildman–Crippen MR) is 146 cm³/mol. The van der Waals surface area contributed by atoms with Crippen LogP contribution in [0.25, 0.3) is 22.2 Å². The topological polar surface area (TPSA) is 81.2 Å². The maximum absolute atomic E-state index is 13.5. The Morgan fingerprint density at radius 1 is 0.872 bits per heavy atom. The van der Waals surface area contributed by atoms with Gasteiger partial charge in [-0.15, -0.1) is 0 Å². The second-order valence-electron chi connectivity index (χ2n) is 10.0. The van der Waals surface area contributed by atoms with Crippen LogP contribution in [0.5, 0.6) is 5.75 Å². The third-order valence-corrected chi connectivity index (χ3v) is 6.09. The normalized spacial score (nSPS) is 12.1. The van der Waals surface area contributed by atoms with Gasteiger partial charge in [-0.05, 0) is 41.3 Å². The van der Waals surface area contributed by atoms with E-state index in [4.69, 9.17) is 9.47 Å². The molecule has 0 saturated carbocycles. The van der Waals surface area contributed by atoms with E-state index in [0.717, 1.165) is 29.6 Å². The molecular formula is C29H32F3N5O2. The third kappa shape index (κ3) is 7.01. The van der Waals surface area contributed by atoms with E-state index in [2.05, 4.69) is 46.4 Å². The fraction of sp³-hybridized carbons (Fsp3) is 0.345. The van der Waals surface area contributed by atoms with Crippen LogP contribution in [0.4, 0.5) is 24.7 Å². The van der Waals surface area contributed by atoms with E-state index in [1.54, 1.807) is 25.3 Å². The minimum Gasteiger partial charge on any atom is -0.492 e. The minimum atomic E-state index is -4.52. The number of fused-ring (bicyclic) bond motifs is 1. The molecule has 4 aromatic rings. The number of anilines is 2. The number of halogens is 3. The highest BCUT2D eigenvalue weighted by atomic mass is 19.4. The van der Waals surface area contributed by atoms with E-state index < -0.39 is 11.7 Å². The molecule has 0 aliphatic heterocycles. The molecule has 0 bridgehead atoms. The molecule has 0 spiro atoms. The lowest BCUT2D eigenvalue weighted by molar-refractivity contribution is -0.137. The lowest BCUT2D eigenvalue weighted by Crippen LogP contribution is -2.25. The molecule has 0 saturated heterocycles. The summed E-state index contributed by atoms with van der Waals surface area (Å²) in [4.78, 5) is 12.7. The lowest BCUT2D eigenvalue weighted by Gasteiger charge is -2.24. The van der Waals surface area contributed by atoms with Gasteiger partial charge < -0.3 is 20.1 Å². The summed E-state index contributed by atoms with van der Waals surface area (Å²) in [6.07, 6.45) is -1.79. The Balaban J connectivity index is 1.61. The highest BCUT2D eigenvalue weighted by Crippen LogP contribution is 2.38. The van der Waals surface area contributed by atoms with Crippen molar-refractivity contribution in [3.63, 3.8) is 0 Å². The highest BCUT2D eigenvalue weighted by Gasteiger charge is 2.34. The van der Waals surface area contributed by atoms with Crippen LogP contribution < -0.4 is 15.4 Å². The number of ether oxygens (including phenoxy) is 2. The molecule has 7 nitrogen and oxygen atoms in total. The molecule has 39 heavy (non-hydrogen) atoms. The van der Waals surface area contributed by atoms with E-state index in [9.17, 15) is 13.2 Å². The second-order valence-corrected chi connectivity index (χ2v) is 10.0. The average molecular weight is 540 g/mol. The molecule has 0 atom stereocenters. The molecule has 2 heterocycles. The summed E-state index contributed by atoms with van der Waals surface area (Å²) in [5, 5.41) is 7.25. The van der Waals surface area contributed by atoms with Gasteiger partial charge in [0.2, 0.25) is 0 Å². The largest absolute Gasteiger partial charge is 0.492 e. The van der Waals surface area contributed by atoms with Gasteiger partial charge in [0.25, 0.3) is 0 Å². The number of aromatic nitrogens is 3. The van der Waals surface area contributed by atoms with Crippen molar-refractivity contribution in [2.45, 2.75) is 32.4 Å². The Hall–Kier alpha value is -3.76. The average Bonchev–Trinajstić information content (AvgIpc) is 2.89. The van der Waals surface area contributed by atoms with Crippen LogP contribution in [0, 0.1) is 0 Å². The molecule has 4 rings (SSSR count). The van der Waals surface area contributed by atoms with Crippen molar-refractivity contribution < 1.29 is 22.6 Å². The third-order valence-electron chi connectivity index (χ3n) is 6.09. The summed E-state index contributed by atoms with van der Waals surface area (Å²) >= 11 is 0. The van der Waals surface area contributed by atoms with Crippen LogP contribution in [0.3, 0.4) is 0 Å². The molecule has 2 aromatic heterocycles. The zero-order chi connectivity index (χ0) is 28.0. The number of benzene rings is 2. The number of pyridine rings is 1. The predicted octanol–water partition coefficient (Wildman–Crippen LogP) is 6.37. The molecule has 0 radical (unpaired) electrons. The molecule has 0 unspecified atom stereocenters. The van der Waals surface area contributed by atoms with Gasteiger partial charge in [-0.1, -0.05) is 32.9 Å². The van der Waals surface area contributed by atoms with Crippen molar-refractivity contribution in [2.75, 3.05) is 38.7 Å². The van der Waals surface area contributed by atoms with E-state index in [-0.39, 0.29) is 11.1 Å². The Morgan fingerprint density at radius 3 is 2.41 bits per heavy atom. The Kier molecular flexibility index (Phi) is 8.66. The van der Waals surface area contributed by atoms with E-state index in [0.29, 0.717) is 42.0 Å². The number of nitrogens with one attached hydrogen (secondary N) is 2. The summed E-state index contributed by atoms with van der Waals surface area (Å²) in [5.41, 5.74) is 1.58. The molecule has 206 valence electrons. The second kappa shape index (κ2) is 12.0. The molecule has 0 aliphatic rings. The first-order valence-electron chi connectivity index (χ1n) is 12.6. The van der Waals surface area contributed by atoms with Crippen LogP contribution in [-0.4, -0.2) is 48.4 Å². The van der Waals surface area contributed by atoms with Crippen LogP contribution in [0.2, 0.25) is 0 Å². The van der Waals surface area contributed by atoms with Gasteiger partial charge in [-0.2, -0.15) is 13.2 Å². The van der Waals surface area contributed by atoms with E-state index in [1.807, 2.05) is 18.2 Å². The van der Waals surface area contributed by atoms with Crippen molar-refractivity contribution in [1.82, 2.24) is 20.3 Å². The number of nitrogens with zero attached hydrogens (tertiary/aromatic N) is 3. The molecular weight excluding hydrogens is 507 g/mol. The first-order chi connectivity index (χ1) is 18.6. The molecule has 10 heteroatoms. The van der Waals surface area contributed by atoms with Crippen molar-refractivity contribution in [3.8, 4) is 17.0 Å². The molecule has 2 N–H and O–H groups in total. The summed E-state index contributed by atoms with van der Waals surface area (Å²) in [7, 11) is 1.66. The van der Waals surface area contributed by atoms with Crippen LogP contribution in [-0.2, 0) is 16.3 Å². The van der Waals surface area contributed by atoms with Gasteiger partial charge in [0, 0.05) is 49.1 Å². The summed E-state index contributed by atoms with van der Waals surface area (Å²) in [6, 6.07) is 13.1. The van der Waals surface area contributed by atoms with Crippen molar-refractivity contribution in [2.24, 2.45) is 0 Å². The fourth-order valence-electron chi connectivity index (χ4n) is 4.18. The first kappa shape index (κ1) is 28.3. The number of alkyl halides is 3. The molecule has 0 fully saturated rings. The van der Waals surface area contributed by atoms with E-state index in [1.165, 1.54) is 18.6 Å². The van der Waals surface area contributed by atoms with Gasteiger partial charge in [0.05, 0.1) is 23.4 Å². The SMILES string of the molecule is COCCNCCOc1cc(Nc2ncnc3cc(-c4ncccc4C(F)(F)F)ccc23)ccc1C(C)(C)C. The van der Waals surface area contributed by atoms with Gasteiger partial charge in [-0.3, -0.25) is 4.98 Å². The number of methoxy groups -OCH3 is 1. The number of hydrogen-bond acceptors (Lipinski definition) is 7. The van der Waals surface area contributed by atoms with Gasteiger partial charge in [0.1, 0.15) is 24.5 Å². The van der Waals surface area contributed by atoms with Gasteiger partial charge in [-0.25, -0.2) is 9.97 Å². The Labute approximate surface area is 225 Å². The number of hydrogen-bond donors (Lipinski definition) is 2. The minimum absolute atomic E-state index is 0.129. The van der Waals surface area contributed by atoms with Crippen LogP contribution >= 0.6 is 0 Å². The quantitative estimate of drug-likeness (QED) is 0.227. The lowest BCUT2D eigenvalue weighted by atomic mass is 9.86. The summed E-state index contributed by atoms with van der Waals surface area (Å²) in [5.74, 6) is 1.29. The standard InChI is InChI=1S/C29H32F3N5O2/c1-28(2,3)22-10-8-20(17-25(22)39-15-13-33-12-14-38-4)37-27-21-9-7-19(16-24(21)35-18-36-27)26-23(29(30,31)32)6-5-11-34-26/h5-11,16-18,33H,12-15H2,1-4H3,(H,35,36,37). The monoisotopic (exact) mass is 539 g/mol. The van der Waals surface area contributed by atoms with Gasteiger partial charge >= 0.3 is 6.18 Å². The Bertz CT molecular complexity index is 1420. The van der Waals surface area contributed by atoms with Crippen LogP contribution in [0.1, 0.15) is 31.9 Å². The van der Waals surface area contributed by atoms with Crippen molar-refractivity contribution >= 4 is 22.4 Å². The molecule has 0 amide bonds. The fourth-order valence-corrected chi connectivity index (χ4v) is 4.18. The highest BCUT2D eigenvalue weighted by molar-refractivity contribution is 5.93. The van der Waals surface area contributed by atoms with E-state index >= 15 is 0 Å². The summed E-state index contributed by atoms with van der Waals surface area (Å²) < 4.78 is 51.8. The van der Waals surface area contributed by atoms with Crippen molar-refractivity contribution in [1.29, 1.82) is 0 Å². The zero-order valence-electron chi connectivity index (χ0n) is 22.4. The zero-order valence-corrected chi connectivity index (χ0v) is 22.4. The molecule has 2 aromatic carbocycles. The van der Waals surface area contributed by atoms with Gasteiger partial charge in [0.15, 0.2) is 0 Å². The maximum Gasteiger partial charge on any atom is 0.418 e. The molecule has 0 aliphatic carbocycles. The summed E-state index contributed by atoms with van der Waals surface area (Å²) in [6.45, 7) is 8.92.